The van der Waals surface area contributed by atoms with E-state index in [1.54, 1.807) is 18.2 Å². The summed E-state index contributed by atoms with van der Waals surface area (Å²) < 4.78 is 22.8. The molecule has 0 fully saturated rings. The minimum atomic E-state index is -3.76. The number of aromatic hydroxyl groups is 1. The molecule has 0 saturated heterocycles. The fourth-order valence-corrected chi connectivity index (χ4v) is 4.56. The fraction of sp³-hybridized carbons (Fsp3) is 0.0370. The summed E-state index contributed by atoms with van der Waals surface area (Å²) in [7, 11) is -3.76. The maximum absolute atomic E-state index is 12.5. The molecule has 1 heterocycles. The zero-order valence-electron chi connectivity index (χ0n) is 18.5. The zero-order valence-corrected chi connectivity index (χ0v) is 19.3. The second-order valence-electron chi connectivity index (χ2n) is 8.20. The highest BCUT2D eigenvalue weighted by atomic mass is 32.2. The summed E-state index contributed by atoms with van der Waals surface area (Å²) >= 11 is 0. The van der Waals surface area contributed by atoms with Crippen molar-refractivity contribution in [2.45, 2.75) is 11.4 Å². The van der Waals surface area contributed by atoms with E-state index >= 15 is 0 Å². The molecule has 0 atom stereocenters. The van der Waals surface area contributed by atoms with E-state index in [-0.39, 0.29) is 17.3 Å². The first-order valence-corrected chi connectivity index (χ1v) is 12.3. The third-order valence-corrected chi connectivity index (χ3v) is 6.80. The number of primary sulfonamides is 1. The van der Waals surface area contributed by atoms with Crippen molar-refractivity contribution in [1.29, 1.82) is 0 Å². The summed E-state index contributed by atoms with van der Waals surface area (Å²) in [6.07, 6.45) is 1.51. The third kappa shape index (κ3) is 4.57. The number of sulfonamides is 1. The van der Waals surface area contributed by atoms with Crippen LogP contribution >= 0.6 is 0 Å². The molecule has 5 aromatic rings. The third-order valence-electron chi connectivity index (χ3n) is 5.87. The molecule has 5 rings (SSSR count). The van der Waals surface area contributed by atoms with Gasteiger partial charge in [0.15, 0.2) is 0 Å². The zero-order chi connectivity index (χ0) is 24.6. The first kappa shape index (κ1) is 22.5. The van der Waals surface area contributed by atoms with Gasteiger partial charge in [0.05, 0.1) is 17.0 Å². The van der Waals surface area contributed by atoms with Gasteiger partial charge in [-0.2, -0.15) is 0 Å². The molecule has 0 aliphatic rings. The summed E-state index contributed by atoms with van der Waals surface area (Å²) in [4.78, 5) is 19.4. The van der Waals surface area contributed by atoms with Gasteiger partial charge in [-0.05, 0) is 57.8 Å². The molecule has 0 aliphatic carbocycles. The molecule has 0 aliphatic heterocycles. The van der Waals surface area contributed by atoms with Crippen LogP contribution in [0.15, 0.2) is 99.6 Å². The molecule has 8 heteroatoms. The smallest absolute Gasteiger partial charge is 0.258 e. The van der Waals surface area contributed by atoms with Gasteiger partial charge >= 0.3 is 0 Å². The molecule has 35 heavy (non-hydrogen) atoms. The molecule has 0 unspecified atom stereocenters. The predicted octanol–water partition coefficient (Wildman–Crippen LogP) is 4.32. The van der Waals surface area contributed by atoms with Crippen LogP contribution in [0.4, 0.5) is 0 Å². The summed E-state index contributed by atoms with van der Waals surface area (Å²) in [5, 5.41) is 18.9. The highest BCUT2D eigenvalue weighted by Gasteiger charge is 2.12. The van der Waals surface area contributed by atoms with Crippen LogP contribution in [0.3, 0.4) is 0 Å². The lowest BCUT2D eigenvalue weighted by Gasteiger charge is -2.09. The summed E-state index contributed by atoms with van der Waals surface area (Å²) in [5.41, 5.74) is 2.66. The van der Waals surface area contributed by atoms with Crippen molar-refractivity contribution in [3.63, 3.8) is 0 Å². The molecular weight excluding hydrogens is 462 g/mol. The van der Waals surface area contributed by atoms with Crippen LogP contribution in [0, 0.1) is 0 Å². The SMILES string of the molecule is NS(=O)(=O)c1ccc(CN=Cc2c(O)[nH]c(=O)c3ccc(-c4ccc5ccccc5c4)cc23)cc1. The van der Waals surface area contributed by atoms with Crippen LogP contribution in [0.5, 0.6) is 5.88 Å². The minimum Gasteiger partial charge on any atom is -0.494 e. The highest BCUT2D eigenvalue weighted by molar-refractivity contribution is 7.89. The van der Waals surface area contributed by atoms with Gasteiger partial charge in [0.25, 0.3) is 5.56 Å². The van der Waals surface area contributed by atoms with Crippen LogP contribution in [0.25, 0.3) is 32.7 Å². The lowest BCUT2D eigenvalue weighted by Crippen LogP contribution is -2.11. The monoisotopic (exact) mass is 483 g/mol. The van der Waals surface area contributed by atoms with Gasteiger partial charge < -0.3 is 5.11 Å². The molecule has 0 bridgehead atoms. The van der Waals surface area contributed by atoms with Crippen molar-refractivity contribution in [1.82, 2.24) is 4.98 Å². The Balaban J connectivity index is 1.52. The van der Waals surface area contributed by atoms with Crippen molar-refractivity contribution in [2.75, 3.05) is 0 Å². The van der Waals surface area contributed by atoms with Gasteiger partial charge in [0.2, 0.25) is 15.9 Å². The van der Waals surface area contributed by atoms with Gasteiger partial charge in [-0.15, -0.1) is 0 Å². The van der Waals surface area contributed by atoms with Crippen LogP contribution in [0.2, 0.25) is 0 Å². The Bertz CT molecular complexity index is 1770. The van der Waals surface area contributed by atoms with Gasteiger partial charge in [-0.1, -0.05) is 54.6 Å². The quantitative estimate of drug-likeness (QED) is 0.322. The number of nitrogens with zero attached hydrogens (tertiary/aromatic N) is 1. The molecule has 0 spiro atoms. The van der Waals surface area contributed by atoms with E-state index in [0.717, 1.165) is 27.5 Å². The largest absolute Gasteiger partial charge is 0.494 e. The number of fused-ring (bicyclic) bond motifs is 2. The molecule has 174 valence electrons. The number of H-pyrrole nitrogens is 1. The van der Waals surface area contributed by atoms with E-state index in [4.69, 9.17) is 5.14 Å². The van der Waals surface area contributed by atoms with Crippen molar-refractivity contribution in [3.8, 4) is 17.0 Å². The van der Waals surface area contributed by atoms with E-state index in [9.17, 15) is 18.3 Å². The average molecular weight is 484 g/mol. The number of pyridine rings is 1. The lowest BCUT2D eigenvalue weighted by molar-refractivity contribution is 0.452. The number of rotatable bonds is 5. The molecule has 7 nitrogen and oxygen atoms in total. The summed E-state index contributed by atoms with van der Waals surface area (Å²) in [6.45, 7) is 0.245. The van der Waals surface area contributed by atoms with Gasteiger partial charge in [-0.25, -0.2) is 13.6 Å². The number of nitrogens with one attached hydrogen (secondary N) is 1. The summed E-state index contributed by atoms with van der Waals surface area (Å²) in [5.74, 6) is -0.272. The van der Waals surface area contributed by atoms with Crippen LogP contribution in [0.1, 0.15) is 11.1 Å². The van der Waals surface area contributed by atoms with Crippen molar-refractivity contribution in [2.24, 2.45) is 10.1 Å². The van der Waals surface area contributed by atoms with Crippen LogP contribution in [-0.4, -0.2) is 24.7 Å². The molecule has 0 amide bonds. The molecule has 0 radical (unpaired) electrons. The Morgan fingerprint density at radius 1 is 0.857 bits per heavy atom. The number of nitrogens with two attached hydrogens (primary N) is 1. The van der Waals surface area contributed by atoms with E-state index < -0.39 is 15.6 Å². The fourth-order valence-electron chi connectivity index (χ4n) is 4.04. The van der Waals surface area contributed by atoms with Crippen LogP contribution < -0.4 is 10.7 Å². The topological polar surface area (TPSA) is 126 Å². The number of aromatic nitrogens is 1. The van der Waals surface area contributed by atoms with Gasteiger partial charge in [-0.3, -0.25) is 14.8 Å². The lowest BCUT2D eigenvalue weighted by atomic mass is 9.97. The van der Waals surface area contributed by atoms with Crippen molar-refractivity contribution >= 4 is 37.8 Å². The van der Waals surface area contributed by atoms with Gasteiger partial charge in [0, 0.05) is 17.0 Å². The molecular formula is C27H21N3O4S. The molecule has 0 saturated carbocycles. The average Bonchev–Trinajstić information content (AvgIpc) is 2.85. The minimum absolute atomic E-state index is 0.0238. The normalized spacial score (nSPS) is 12.0. The van der Waals surface area contributed by atoms with Gasteiger partial charge in [0.1, 0.15) is 0 Å². The Kier molecular flexibility index (Phi) is 5.68. The Morgan fingerprint density at radius 2 is 1.54 bits per heavy atom. The molecule has 4 aromatic carbocycles. The second-order valence-corrected chi connectivity index (χ2v) is 9.76. The standard InChI is InChI=1S/C27H21N3O4S/c28-35(33,34)22-10-5-17(6-11-22)15-29-16-25-24-14-21(9-12-23(24)26(31)30-27(25)32)20-8-7-18-3-1-2-4-19(18)13-20/h1-14,16H,15H2,(H2,28,33,34)(H2,30,31,32). The number of benzene rings is 4. The number of aliphatic imine (C=N–C) groups is 1. The first-order chi connectivity index (χ1) is 16.8. The molecule has 1 aromatic heterocycles. The second kappa shape index (κ2) is 8.83. The van der Waals surface area contributed by atoms with E-state index in [2.05, 4.69) is 16.0 Å². The maximum Gasteiger partial charge on any atom is 0.258 e. The van der Waals surface area contributed by atoms with Crippen molar-refractivity contribution < 1.29 is 13.5 Å². The Hall–Kier alpha value is -4.27. The maximum atomic E-state index is 12.5. The highest BCUT2D eigenvalue weighted by Crippen LogP contribution is 2.29. The number of hydrogen-bond acceptors (Lipinski definition) is 5. The predicted molar refractivity (Wildman–Crippen MR) is 138 cm³/mol. The Morgan fingerprint density at radius 3 is 2.29 bits per heavy atom. The molecule has 4 N–H and O–H groups in total. The number of hydrogen-bond donors (Lipinski definition) is 3. The Labute approximate surface area is 201 Å². The number of aromatic amines is 1. The first-order valence-electron chi connectivity index (χ1n) is 10.8. The van der Waals surface area contributed by atoms with Crippen LogP contribution in [-0.2, 0) is 16.6 Å². The van der Waals surface area contributed by atoms with E-state index in [1.165, 1.54) is 18.3 Å². The van der Waals surface area contributed by atoms with E-state index in [0.29, 0.717) is 16.3 Å². The van der Waals surface area contributed by atoms with Crippen molar-refractivity contribution in [3.05, 3.63) is 106 Å². The van der Waals surface area contributed by atoms with E-state index in [1.807, 2.05) is 48.5 Å². The summed E-state index contributed by atoms with van der Waals surface area (Å²) in [6, 6.07) is 25.8.